The average Bonchev–Trinajstić information content (AvgIpc) is 2.09. The maximum absolute atomic E-state index is 12.4. The zero-order valence-corrected chi connectivity index (χ0v) is 7.20. The molecule has 0 radical (unpaired) electrons. The molecular weight excluding hydrogens is 161 g/mol. The van der Waals surface area contributed by atoms with Gasteiger partial charge in [0.05, 0.1) is 18.9 Å². The van der Waals surface area contributed by atoms with Gasteiger partial charge in [0, 0.05) is 18.5 Å². The molecule has 1 aliphatic heterocycles. The van der Waals surface area contributed by atoms with Gasteiger partial charge in [0.1, 0.15) is 0 Å². The Kier molecular flexibility index (Phi) is 3.43. The molecule has 0 bridgehead atoms. The number of halogens is 1. The fourth-order valence-electron chi connectivity index (χ4n) is 1.71. The molecule has 1 saturated heterocycles. The summed E-state index contributed by atoms with van der Waals surface area (Å²) >= 11 is 0. The van der Waals surface area contributed by atoms with Crippen molar-refractivity contribution in [3.63, 3.8) is 0 Å². The summed E-state index contributed by atoms with van der Waals surface area (Å²) in [5.74, 6) is -0.459. The molecule has 1 rings (SSSR count). The van der Waals surface area contributed by atoms with Crippen molar-refractivity contribution < 1.29 is 14.6 Å². The second kappa shape index (κ2) is 4.16. The Balaban J connectivity index is 2.58. The number of hydrogen-bond acceptors (Lipinski definition) is 3. The van der Waals surface area contributed by atoms with Crippen LogP contribution in [-0.4, -0.2) is 41.7 Å². The van der Waals surface area contributed by atoms with Gasteiger partial charge in [-0.1, -0.05) is 6.92 Å². The molecule has 72 valence electrons. The van der Waals surface area contributed by atoms with Crippen LogP contribution in [0.3, 0.4) is 0 Å². The topological polar surface area (TPSA) is 52.5 Å². The van der Waals surface area contributed by atoms with E-state index in [-0.39, 0.29) is 6.04 Å². The number of alkyl halides is 1. The zero-order chi connectivity index (χ0) is 9.14. The lowest BCUT2D eigenvalue weighted by atomic mass is 9.86. The maximum atomic E-state index is 12.4. The minimum absolute atomic E-state index is 0.00611. The quantitative estimate of drug-likeness (QED) is 0.541. The van der Waals surface area contributed by atoms with Crippen LogP contribution < -0.4 is 5.32 Å². The van der Waals surface area contributed by atoms with Crippen molar-refractivity contribution in [1.29, 1.82) is 0 Å². The smallest absolute Gasteiger partial charge is 0.0963 e. The van der Waals surface area contributed by atoms with E-state index in [0.29, 0.717) is 6.54 Å². The van der Waals surface area contributed by atoms with Gasteiger partial charge in [-0.05, 0) is 6.42 Å². The highest BCUT2D eigenvalue weighted by molar-refractivity contribution is 4.90. The third kappa shape index (κ3) is 1.76. The number of aliphatic hydroxyl groups excluding tert-OH is 2. The highest BCUT2D eigenvalue weighted by atomic mass is 19.1. The molecule has 0 aromatic heterocycles. The second-order valence-electron chi connectivity index (χ2n) is 3.30. The molecule has 1 aliphatic rings. The number of rotatable bonds is 2. The van der Waals surface area contributed by atoms with Gasteiger partial charge in [0.15, 0.2) is 0 Å². The number of hydrogen-bond donors (Lipinski definition) is 3. The first kappa shape index (κ1) is 9.89. The fraction of sp³-hybridized carbons (Fsp3) is 1.00. The monoisotopic (exact) mass is 177 g/mol. The van der Waals surface area contributed by atoms with Crippen LogP contribution >= 0.6 is 0 Å². The zero-order valence-electron chi connectivity index (χ0n) is 7.20. The van der Waals surface area contributed by atoms with E-state index >= 15 is 0 Å². The molecule has 4 heteroatoms. The van der Waals surface area contributed by atoms with Crippen LogP contribution in [0.15, 0.2) is 0 Å². The summed E-state index contributed by atoms with van der Waals surface area (Å²) < 4.78 is 12.4. The first-order valence-electron chi connectivity index (χ1n) is 4.36. The summed E-state index contributed by atoms with van der Waals surface area (Å²) in [5, 5.41) is 21.6. The molecule has 0 saturated carbocycles. The molecule has 3 nitrogen and oxygen atoms in total. The summed E-state index contributed by atoms with van der Waals surface area (Å²) in [4.78, 5) is 0. The van der Waals surface area contributed by atoms with Gasteiger partial charge >= 0.3 is 0 Å². The molecule has 1 heterocycles. The van der Waals surface area contributed by atoms with Gasteiger partial charge < -0.3 is 15.5 Å². The van der Waals surface area contributed by atoms with Crippen LogP contribution in [-0.2, 0) is 0 Å². The molecule has 0 aliphatic carbocycles. The lowest BCUT2D eigenvalue weighted by Gasteiger charge is -2.37. The van der Waals surface area contributed by atoms with Gasteiger partial charge in [-0.2, -0.15) is 0 Å². The summed E-state index contributed by atoms with van der Waals surface area (Å²) in [6.07, 6.45) is -0.965. The van der Waals surface area contributed by atoms with Gasteiger partial charge in [0.25, 0.3) is 0 Å². The van der Waals surface area contributed by atoms with Gasteiger partial charge in [-0.3, -0.25) is 4.39 Å². The molecule has 0 spiro atoms. The van der Waals surface area contributed by atoms with Crippen molar-refractivity contribution in [2.24, 2.45) is 5.92 Å². The van der Waals surface area contributed by atoms with Crippen molar-refractivity contribution in [2.75, 3.05) is 13.2 Å². The number of nitrogens with one attached hydrogen (secondary N) is 1. The lowest BCUT2D eigenvalue weighted by molar-refractivity contribution is -0.0583. The van der Waals surface area contributed by atoms with Crippen molar-refractivity contribution in [1.82, 2.24) is 5.32 Å². The van der Waals surface area contributed by atoms with Crippen LogP contribution in [0.1, 0.15) is 13.3 Å². The van der Waals surface area contributed by atoms with Crippen LogP contribution in [0.5, 0.6) is 0 Å². The first-order valence-corrected chi connectivity index (χ1v) is 4.36. The van der Waals surface area contributed by atoms with Crippen molar-refractivity contribution in [3.05, 3.63) is 0 Å². The molecule has 0 aromatic carbocycles. The third-order valence-corrected chi connectivity index (χ3v) is 2.56. The second-order valence-corrected chi connectivity index (χ2v) is 3.30. The molecule has 0 amide bonds. The number of β-amino-alcohol motifs (C(OH)–C–C–N with tert-alkyl or cyclic N) is 1. The van der Waals surface area contributed by atoms with Gasteiger partial charge in [0.2, 0.25) is 0 Å². The summed E-state index contributed by atoms with van der Waals surface area (Å²) in [5.41, 5.74) is 0. The Morgan fingerprint density at radius 1 is 1.50 bits per heavy atom. The normalized spacial score (nSPS) is 43.0. The minimum Gasteiger partial charge on any atom is -0.390 e. The fourth-order valence-corrected chi connectivity index (χ4v) is 1.71. The van der Waals surface area contributed by atoms with Crippen LogP contribution in [0.4, 0.5) is 4.39 Å². The molecule has 3 N–H and O–H groups in total. The van der Waals surface area contributed by atoms with E-state index < -0.39 is 24.8 Å². The molecule has 0 unspecified atom stereocenters. The SMILES string of the molecule is CC[C@H]1NC[C@@H](O)[C@H](O)[C@H]1CF. The highest BCUT2D eigenvalue weighted by Crippen LogP contribution is 2.20. The van der Waals surface area contributed by atoms with E-state index in [4.69, 9.17) is 0 Å². The van der Waals surface area contributed by atoms with Crippen molar-refractivity contribution >= 4 is 0 Å². The Hall–Kier alpha value is -0.190. The van der Waals surface area contributed by atoms with Crippen LogP contribution in [0.25, 0.3) is 0 Å². The summed E-state index contributed by atoms with van der Waals surface area (Å²) in [7, 11) is 0. The Labute approximate surface area is 71.6 Å². The average molecular weight is 177 g/mol. The van der Waals surface area contributed by atoms with E-state index in [2.05, 4.69) is 5.32 Å². The maximum Gasteiger partial charge on any atom is 0.0963 e. The highest BCUT2D eigenvalue weighted by Gasteiger charge is 2.36. The number of aliphatic hydroxyl groups is 2. The Bertz CT molecular complexity index is 143. The molecule has 4 atom stereocenters. The van der Waals surface area contributed by atoms with E-state index in [9.17, 15) is 14.6 Å². The van der Waals surface area contributed by atoms with E-state index in [1.165, 1.54) is 0 Å². The molecule has 0 aromatic rings. The minimum atomic E-state index is -0.916. The lowest BCUT2D eigenvalue weighted by Crippen LogP contribution is -2.56. The van der Waals surface area contributed by atoms with Crippen LogP contribution in [0, 0.1) is 5.92 Å². The van der Waals surface area contributed by atoms with E-state index in [1.54, 1.807) is 0 Å². The number of piperidine rings is 1. The standard InChI is InChI=1S/C8H16FNO2/c1-2-6-5(3-9)8(12)7(11)4-10-6/h5-8,10-12H,2-4H2,1H3/t5-,6+,7+,8+/m0/s1. The molecular formula is C8H16FNO2. The van der Waals surface area contributed by atoms with Gasteiger partial charge in [-0.15, -0.1) is 0 Å². The largest absolute Gasteiger partial charge is 0.390 e. The Morgan fingerprint density at radius 2 is 2.17 bits per heavy atom. The third-order valence-electron chi connectivity index (χ3n) is 2.56. The Morgan fingerprint density at radius 3 is 2.67 bits per heavy atom. The van der Waals surface area contributed by atoms with E-state index in [0.717, 1.165) is 6.42 Å². The van der Waals surface area contributed by atoms with Crippen molar-refractivity contribution in [2.45, 2.75) is 31.6 Å². The predicted octanol–water partition coefficient (Wildman–Crippen LogP) is -0.324. The molecule has 1 fully saturated rings. The predicted molar refractivity (Wildman–Crippen MR) is 43.6 cm³/mol. The van der Waals surface area contributed by atoms with Crippen molar-refractivity contribution in [3.8, 4) is 0 Å². The molecule has 12 heavy (non-hydrogen) atoms. The summed E-state index contributed by atoms with van der Waals surface area (Å²) in [6, 6.07) is -0.00611. The van der Waals surface area contributed by atoms with Crippen LogP contribution in [0.2, 0.25) is 0 Å². The first-order chi connectivity index (χ1) is 5.70. The van der Waals surface area contributed by atoms with E-state index in [1.807, 2.05) is 6.92 Å². The van der Waals surface area contributed by atoms with Gasteiger partial charge in [-0.25, -0.2) is 0 Å². The summed E-state index contributed by atoms with van der Waals surface area (Å²) in [6.45, 7) is 1.71.